The third-order valence-electron chi connectivity index (χ3n) is 8.66. The first-order chi connectivity index (χ1) is 17.5. The highest BCUT2D eigenvalue weighted by Gasteiger charge is 2.49. The van der Waals surface area contributed by atoms with Gasteiger partial charge >= 0.3 is 0 Å². The van der Waals surface area contributed by atoms with E-state index in [1.807, 2.05) is 12.1 Å². The van der Waals surface area contributed by atoms with Crippen LogP contribution in [0.15, 0.2) is 24.3 Å². The Hall–Kier alpha value is -2.29. The van der Waals surface area contributed by atoms with Crippen molar-refractivity contribution in [3.63, 3.8) is 0 Å². The van der Waals surface area contributed by atoms with Crippen LogP contribution in [0.5, 0.6) is 0 Å². The zero-order valence-electron chi connectivity index (χ0n) is 21.3. The average Bonchev–Trinajstić information content (AvgIpc) is 3.66. The van der Waals surface area contributed by atoms with E-state index in [0.717, 1.165) is 64.8 Å². The van der Waals surface area contributed by atoms with Crippen molar-refractivity contribution in [2.24, 2.45) is 5.92 Å². The van der Waals surface area contributed by atoms with E-state index >= 15 is 0 Å². The molecule has 3 heterocycles. The molecule has 1 saturated carbocycles. The van der Waals surface area contributed by atoms with Gasteiger partial charge in [-0.05, 0) is 74.7 Å². The minimum Gasteiger partial charge on any atom is -0.383 e. The molecule has 5 rings (SSSR count). The summed E-state index contributed by atoms with van der Waals surface area (Å²) in [5.41, 5.74) is 1.84. The number of carbonyl (C=O) groups excluding carboxylic acids is 3. The quantitative estimate of drug-likeness (QED) is 0.593. The molecule has 36 heavy (non-hydrogen) atoms. The Morgan fingerprint density at radius 1 is 1.06 bits per heavy atom. The summed E-state index contributed by atoms with van der Waals surface area (Å²) in [7, 11) is 1.74. The summed E-state index contributed by atoms with van der Waals surface area (Å²) in [6, 6.07) is 6.82. The molecule has 0 spiro atoms. The minimum absolute atomic E-state index is 0.0255. The van der Waals surface area contributed by atoms with Crippen LogP contribution in [0, 0.1) is 5.92 Å². The molecular weight excluding hydrogens is 458 g/mol. The average molecular weight is 498 g/mol. The maximum Gasteiger partial charge on any atom is 0.251 e. The second-order valence-electron chi connectivity index (χ2n) is 10.8. The Morgan fingerprint density at radius 2 is 1.78 bits per heavy atom. The van der Waals surface area contributed by atoms with Gasteiger partial charge in [-0.3, -0.25) is 14.4 Å². The Balaban J connectivity index is 1.22. The molecular formula is C28H39N3O5. The summed E-state index contributed by atoms with van der Waals surface area (Å²) < 4.78 is 10.8. The number of hydrogen-bond acceptors (Lipinski definition) is 6. The van der Waals surface area contributed by atoms with Gasteiger partial charge in [-0.15, -0.1) is 0 Å². The normalized spacial score (nSPS) is 26.4. The highest BCUT2D eigenvalue weighted by Crippen LogP contribution is 2.33. The fourth-order valence-electron chi connectivity index (χ4n) is 6.53. The van der Waals surface area contributed by atoms with Crippen molar-refractivity contribution < 1.29 is 23.9 Å². The molecule has 196 valence electrons. The molecule has 1 N–H and O–H groups in total. The molecule has 2 amide bonds. The van der Waals surface area contributed by atoms with Gasteiger partial charge in [0.05, 0.1) is 12.7 Å². The molecule has 1 aliphatic carbocycles. The summed E-state index contributed by atoms with van der Waals surface area (Å²) in [5.74, 6) is 0.246. The van der Waals surface area contributed by atoms with Crippen LogP contribution in [0.1, 0.15) is 66.8 Å². The fourth-order valence-corrected chi connectivity index (χ4v) is 6.53. The number of methoxy groups -OCH3 is 1. The van der Waals surface area contributed by atoms with Crippen LogP contribution in [-0.2, 0) is 19.1 Å². The van der Waals surface area contributed by atoms with Gasteiger partial charge in [0, 0.05) is 25.8 Å². The lowest BCUT2D eigenvalue weighted by molar-refractivity contribution is -0.139. The Morgan fingerprint density at radius 3 is 2.47 bits per heavy atom. The van der Waals surface area contributed by atoms with Crippen molar-refractivity contribution in [1.82, 2.24) is 15.1 Å². The zero-order valence-corrected chi connectivity index (χ0v) is 21.3. The van der Waals surface area contributed by atoms with Gasteiger partial charge in [0.25, 0.3) is 5.91 Å². The van der Waals surface area contributed by atoms with Gasteiger partial charge in [0.1, 0.15) is 18.7 Å². The van der Waals surface area contributed by atoms with Crippen LogP contribution in [0.25, 0.3) is 0 Å². The first-order valence-electron chi connectivity index (χ1n) is 13.6. The second kappa shape index (κ2) is 11.4. The van der Waals surface area contributed by atoms with Gasteiger partial charge < -0.3 is 24.6 Å². The molecule has 4 fully saturated rings. The Bertz CT molecular complexity index is 937. The van der Waals surface area contributed by atoms with E-state index in [1.165, 1.54) is 5.56 Å². The van der Waals surface area contributed by atoms with Gasteiger partial charge in [-0.1, -0.05) is 25.0 Å². The first kappa shape index (κ1) is 25.4. The van der Waals surface area contributed by atoms with E-state index in [4.69, 9.17) is 9.47 Å². The van der Waals surface area contributed by atoms with Gasteiger partial charge in [0.15, 0.2) is 5.78 Å². The summed E-state index contributed by atoms with van der Waals surface area (Å²) >= 11 is 0. The number of ether oxygens (including phenoxy) is 2. The van der Waals surface area contributed by atoms with E-state index in [2.05, 4.69) is 22.3 Å². The van der Waals surface area contributed by atoms with Crippen LogP contribution >= 0.6 is 0 Å². The minimum atomic E-state index is -0.594. The van der Waals surface area contributed by atoms with Crippen LogP contribution < -0.4 is 5.32 Å². The molecule has 1 aromatic carbocycles. The Kier molecular flexibility index (Phi) is 8.03. The third-order valence-corrected chi connectivity index (χ3v) is 8.66. The zero-order chi connectivity index (χ0) is 25.1. The molecule has 3 atom stereocenters. The molecule has 8 nitrogen and oxygen atoms in total. The lowest BCUT2D eigenvalue weighted by atomic mass is 9.89. The van der Waals surface area contributed by atoms with Crippen molar-refractivity contribution in [2.75, 3.05) is 46.5 Å². The maximum atomic E-state index is 13.6. The van der Waals surface area contributed by atoms with E-state index < -0.39 is 12.1 Å². The molecule has 0 bridgehead atoms. The summed E-state index contributed by atoms with van der Waals surface area (Å²) in [4.78, 5) is 43.4. The molecule has 0 aromatic heterocycles. The van der Waals surface area contributed by atoms with Gasteiger partial charge in [0.2, 0.25) is 5.91 Å². The van der Waals surface area contributed by atoms with Crippen molar-refractivity contribution in [2.45, 2.75) is 69.1 Å². The van der Waals surface area contributed by atoms with Crippen molar-refractivity contribution in [3.05, 3.63) is 35.4 Å². The highest BCUT2D eigenvalue weighted by molar-refractivity contribution is 5.99. The van der Waals surface area contributed by atoms with Crippen LogP contribution in [0.4, 0.5) is 0 Å². The van der Waals surface area contributed by atoms with Crippen molar-refractivity contribution >= 4 is 17.6 Å². The summed E-state index contributed by atoms with van der Waals surface area (Å²) in [5, 5.41) is 3.07. The second-order valence-corrected chi connectivity index (χ2v) is 10.8. The van der Waals surface area contributed by atoms with Crippen molar-refractivity contribution in [3.8, 4) is 0 Å². The smallest absolute Gasteiger partial charge is 0.251 e. The van der Waals surface area contributed by atoms with Gasteiger partial charge in [-0.2, -0.15) is 0 Å². The van der Waals surface area contributed by atoms with Crippen LogP contribution in [-0.4, -0.2) is 92.1 Å². The highest BCUT2D eigenvalue weighted by atomic mass is 16.5. The number of amides is 2. The standard InChI is InChI=1S/C28H39N3O5/c1-35-17-16-30-13-10-20(11-14-30)19-6-8-22(9-7-19)27(33)29-25(21-4-2-3-5-21)28(34)31-15-12-24-26(31)23(32)18-36-24/h6-9,20-21,24-26H,2-5,10-18H2,1H3,(H,29,33)/t24-,25+,26-/m1/s1. The van der Waals surface area contributed by atoms with Crippen LogP contribution in [0.3, 0.4) is 0 Å². The number of piperidine rings is 1. The molecule has 3 saturated heterocycles. The maximum absolute atomic E-state index is 13.6. The molecule has 8 heteroatoms. The SMILES string of the molecule is COCCN1CCC(c2ccc(C(=O)N[C@H](C(=O)N3CC[C@H]4OCC(=O)[C@H]43)C3CCCC3)cc2)CC1. The topological polar surface area (TPSA) is 88.2 Å². The predicted molar refractivity (Wildman–Crippen MR) is 135 cm³/mol. The van der Waals surface area contributed by atoms with E-state index in [-0.39, 0.29) is 36.2 Å². The number of likely N-dealkylation sites (tertiary alicyclic amines) is 2. The fraction of sp³-hybridized carbons (Fsp3) is 0.679. The molecule has 1 aromatic rings. The monoisotopic (exact) mass is 497 g/mol. The van der Waals surface area contributed by atoms with E-state index in [1.54, 1.807) is 12.0 Å². The van der Waals surface area contributed by atoms with Crippen LogP contribution in [0.2, 0.25) is 0 Å². The number of fused-ring (bicyclic) bond motifs is 1. The number of carbonyl (C=O) groups is 3. The lowest BCUT2D eigenvalue weighted by Gasteiger charge is -2.32. The lowest BCUT2D eigenvalue weighted by Crippen LogP contribution is -2.54. The molecule has 0 unspecified atom stereocenters. The van der Waals surface area contributed by atoms with Crippen molar-refractivity contribution in [1.29, 1.82) is 0 Å². The molecule has 0 radical (unpaired) electrons. The number of hydrogen-bond donors (Lipinski definition) is 1. The Labute approximate surface area is 213 Å². The molecule has 3 aliphatic heterocycles. The third kappa shape index (κ3) is 5.36. The summed E-state index contributed by atoms with van der Waals surface area (Å²) in [6.07, 6.45) is 6.67. The number of rotatable bonds is 8. The largest absolute Gasteiger partial charge is 0.383 e. The first-order valence-corrected chi connectivity index (χ1v) is 13.6. The number of benzene rings is 1. The number of nitrogens with one attached hydrogen (secondary N) is 1. The van der Waals surface area contributed by atoms with E-state index in [0.29, 0.717) is 24.4 Å². The van der Waals surface area contributed by atoms with Gasteiger partial charge in [-0.25, -0.2) is 0 Å². The summed E-state index contributed by atoms with van der Waals surface area (Å²) in [6.45, 7) is 4.46. The molecule has 4 aliphatic rings. The predicted octanol–water partition coefficient (Wildman–Crippen LogP) is 2.37. The number of ketones is 1. The number of nitrogens with zero attached hydrogens (tertiary/aromatic N) is 2. The van der Waals surface area contributed by atoms with E-state index in [9.17, 15) is 14.4 Å². The number of Topliss-reactive ketones (excluding diaryl/α,β-unsaturated/α-hetero) is 1.